The lowest BCUT2D eigenvalue weighted by atomic mass is 9.79. The van der Waals surface area contributed by atoms with Gasteiger partial charge in [0.05, 0.1) is 24.6 Å². The molecule has 0 bridgehead atoms. The number of nitrogens with one attached hydrogen (secondary N) is 1. The summed E-state index contributed by atoms with van der Waals surface area (Å²) < 4.78 is 21.2. The van der Waals surface area contributed by atoms with Crippen LogP contribution in [0.25, 0.3) is 0 Å². The Balaban J connectivity index is 1.44. The van der Waals surface area contributed by atoms with Gasteiger partial charge in [0.25, 0.3) is 0 Å². The summed E-state index contributed by atoms with van der Waals surface area (Å²) >= 11 is 6.29. The first kappa shape index (κ1) is 20.9. The Morgan fingerprint density at radius 3 is 2.83 bits per heavy atom. The lowest BCUT2D eigenvalue weighted by Crippen LogP contribution is -2.49. The molecule has 0 amide bonds. The van der Waals surface area contributed by atoms with Crippen LogP contribution in [0.5, 0.6) is 0 Å². The number of hydrogen-bond acceptors (Lipinski definition) is 3. The van der Waals surface area contributed by atoms with Crippen molar-refractivity contribution < 1.29 is 9.13 Å². The van der Waals surface area contributed by atoms with E-state index in [1.54, 1.807) is 7.11 Å². The van der Waals surface area contributed by atoms with Gasteiger partial charge in [0.1, 0.15) is 11.9 Å². The number of ether oxygens (including phenoxy) is 1. The van der Waals surface area contributed by atoms with E-state index in [9.17, 15) is 0 Å². The molecular formula is C24H32ClFN2O. The summed E-state index contributed by atoms with van der Waals surface area (Å²) in [5.41, 5.74) is 3.12. The molecule has 0 spiro atoms. The van der Waals surface area contributed by atoms with Gasteiger partial charge in [-0.3, -0.25) is 10.2 Å². The molecule has 0 saturated carbocycles. The quantitative estimate of drug-likeness (QED) is 0.501. The molecule has 2 aliphatic heterocycles. The molecule has 4 rings (SSSR count). The van der Waals surface area contributed by atoms with E-state index >= 15 is 4.39 Å². The number of allylic oxidation sites excluding steroid dienone is 7. The molecule has 4 aliphatic rings. The van der Waals surface area contributed by atoms with Gasteiger partial charge in [0.15, 0.2) is 0 Å². The minimum atomic E-state index is -1.08. The minimum Gasteiger partial charge on any atom is -0.500 e. The SMILES string of the molecule is COC1=CC=C(CC2=CCC(N3CCC[C@H]3C)NC2)C(F)C1C1=CC=CC(Cl)C1. The first-order valence-electron chi connectivity index (χ1n) is 10.8. The third kappa shape index (κ3) is 4.55. The molecule has 0 aromatic heterocycles. The molecule has 1 saturated heterocycles. The van der Waals surface area contributed by atoms with Gasteiger partial charge in [0.2, 0.25) is 0 Å². The summed E-state index contributed by atoms with van der Waals surface area (Å²) in [5, 5.41) is 3.60. The van der Waals surface area contributed by atoms with E-state index in [1.165, 1.54) is 25.0 Å². The molecular weight excluding hydrogens is 387 g/mol. The second kappa shape index (κ2) is 9.20. The molecule has 29 heavy (non-hydrogen) atoms. The molecule has 4 unspecified atom stereocenters. The van der Waals surface area contributed by atoms with E-state index < -0.39 is 6.17 Å². The Morgan fingerprint density at radius 1 is 1.31 bits per heavy atom. The van der Waals surface area contributed by atoms with Crippen molar-refractivity contribution in [2.45, 2.75) is 62.8 Å². The van der Waals surface area contributed by atoms with E-state index in [-0.39, 0.29) is 11.3 Å². The average molecular weight is 419 g/mol. The van der Waals surface area contributed by atoms with Crippen molar-refractivity contribution in [3.05, 3.63) is 58.9 Å². The summed E-state index contributed by atoms with van der Waals surface area (Å²) in [4.78, 5) is 2.57. The van der Waals surface area contributed by atoms with Crippen LogP contribution >= 0.6 is 11.6 Å². The van der Waals surface area contributed by atoms with Gasteiger partial charge >= 0.3 is 0 Å². The fourth-order valence-electron chi connectivity index (χ4n) is 5.11. The van der Waals surface area contributed by atoms with Crippen LogP contribution in [0.15, 0.2) is 58.9 Å². The van der Waals surface area contributed by atoms with Crippen molar-refractivity contribution in [3.63, 3.8) is 0 Å². The first-order valence-corrected chi connectivity index (χ1v) is 11.3. The van der Waals surface area contributed by atoms with Crippen LogP contribution in [0.3, 0.4) is 0 Å². The van der Waals surface area contributed by atoms with Crippen LogP contribution in [0.2, 0.25) is 0 Å². The van der Waals surface area contributed by atoms with Gasteiger partial charge in [-0.2, -0.15) is 0 Å². The third-order valence-corrected chi connectivity index (χ3v) is 7.04. The van der Waals surface area contributed by atoms with Crippen molar-refractivity contribution in [2.24, 2.45) is 5.92 Å². The summed E-state index contributed by atoms with van der Waals surface area (Å²) in [6, 6.07) is 0.653. The highest BCUT2D eigenvalue weighted by Crippen LogP contribution is 2.40. The molecule has 1 N–H and O–H groups in total. The minimum absolute atomic E-state index is 0.0789. The fraction of sp³-hybridized carbons (Fsp3) is 0.583. The Labute approximate surface area is 179 Å². The highest BCUT2D eigenvalue weighted by molar-refractivity contribution is 6.22. The van der Waals surface area contributed by atoms with Gasteiger partial charge in [0, 0.05) is 12.6 Å². The Hall–Kier alpha value is -1.36. The van der Waals surface area contributed by atoms with Crippen LogP contribution in [-0.2, 0) is 4.74 Å². The molecule has 0 aromatic carbocycles. The van der Waals surface area contributed by atoms with Crippen molar-refractivity contribution >= 4 is 11.6 Å². The van der Waals surface area contributed by atoms with Crippen LogP contribution in [0, 0.1) is 5.92 Å². The normalized spacial score (nSPS) is 35.7. The lowest BCUT2D eigenvalue weighted by Gasteiger charge is -2.35. The molecule has 158 valence electrons. The van der Waals surface area contributed by atoms with Gasteiger partial charge < -0.3 is 4.74 Å². The highest BCUT2D eigenvalue weighted by Gasteiger charge is 2.36. The lowest BCUT2D eigenvalue weighted by molar-refractivity contribution is 0.157. The molecule has 3 nitrogen and oxygen atoms in total. The second-order valence-electron chi connectivity index (χ2n) is 8.64. The van der Waals surface area contributed by atoms with Crippen molar-refractivity contribution in [2.75, 3.05) is 20.2 Å². The summed E-state index contributed by atoms with van der Waals surface area (Å²) in [7, 11) is 1.62. The summed E-state index contributed by atoms with van der Waals surface area (Å²) in [6.07, 6.45) is 16.3. The third-order valence-electron chi connectivity index (χ3n) is 6.74. The molecule has 2 aliphatic carbocycles. The summed E-state index contributed by atoms with van der Waals surface area (Å²) in [6.45, 7) is 4.32. The fourth-order valence-corrected chi connectivity index (χ4v) is 5.37. The zero-order valence-corrected chi connectivity index (χ0v) is 18.2. The number of methoxy groups -OCH3 is 1. The van der Waals surface area contributed by atoms with Crippen LogP contribution in [0.1, 0.15) is 39.0 Å². The molecule has 0 radical (unpaired) electrons. The van der Waals surface area contributed by atoms with E-state index in [4.69, 9.17) is 16.3 Å². The number of likely N-dealkylation sites (tertiary alicyclic amines) is 1. The maximum atomic E-state index is 15.6. The van der Waals surface area contributed by atoms with Gasteiger partial charge in [-0.15, -0.1) is 11.6 Å². The van der Waals surface area contributed by atoms with Crippen LogP contribution in [-0.4, -0.2) is 48.9 Å². The Bertz CT molecular complexity index is 769. The van der Waals surface area contributed by atoms with E-state index in [0.29, 0.717) is 30.8 Å². The average Bonchev–Trinajstić information content (AvgIpc) is 3.15. The predicted molar refractivity (Wildman–Crippen MR) is 118 cm³/mol. The van der Waals surface area contributed by atoms with Gasteiger partial charge in [-0.05, 0) is 57.2 Å². The van der Waals surface area contributed by atoms with E-state index in [0.717, 1.165) is 24.1 Å². The zero-order chi connectivity index (χ0) is 20.4. The van der Waals surface area contributed by atoms with Gasteiger partial charge in [-0.1, -0.05) is 41.5 Å². The molecule has 5 atom stereocenters. The Kier molecular flexibility index (Phi) is 6.63. The van der Waals surface area contributed by atoms with Crippen LogP contribution in [0.4, 0.5) is 4.39 Å². The Morgan fingerprint density at radius 2 is 2.17 bits per heavy atom. The maximum Gasteiger partial charge on any atom is 0.135 e. The van der Waals surface area contributed by atoms with Crippen LogP contribution < -0.4 is 5.32 Å². The number of hydrogen-bond donors (Lipinski definition) is 1. The van der Waals surface area contributed by atoms with E-state index in [2.05, 4.69) is 23.2 Å². The first-order chi connectivity index (χ1) is 14.1. The van der Waals surface area contributed by atoms with Gasteiger partial charge in [-0.25, -0.2) is 4.39 Å². The summed E-state index contributed by atoms with van der Waals surface area (Å²) in [5.74, 6) is 0.312. The number of nitrogens with zero attached hydrogens (tertiary/aromatic N) is 1. The maximum absolute atomic E-state index is 15.6. The highest BCUT2D eigenvalue weighted by atomic mass is 35.5. The second-order valence-corrected chi connectivity index (χ2v) is 9.20. The zero-order valence-electron chi connectivity index (χ0n) is 17.4. The van der Waals surface area contributed by atoms with E-state index in [1.807, 2.05) is 30.4 Å². The number of rotatable bonds is 5. The number of alkyl halides is 2. The van der Waals surface area contributed by atoms with Crippen molar-refractivity contribution in [3.8, 4) is 0 Å². The molecule has 5 heteroatoms. The topological polar surface area (TPSA) is 24.5 Å². The predicted octanol–water partition coefficient (Wildman–Crippen LogP) is 5.02. The van der Waals surface area contributed by atoms with Crippen molar-refractivity contribution in [1.29, 1.82) is 0 Å². The standard InChI is InChI=1S/C24H32ClFN2O/c1-16-5-4-12-28(16)22-11-8-17(15-27-22)13-19-9-10-21(29-2)23(24(19)26)18-6-3-7-20(25)14-18/h3,6-10,16,20,22-24,27H,4-5,11-15H2,1-2H3/t16-,20?,22?,23?,24?/m1/s1. The largest absolute Gasteiger partial charge is 0.500 e. The molecule has 1 fully saturated rings. The molecule has 0 aromatic rings. The molecule has 2 heterocycles. The van der Waals surface area contributed by atoms with Crippen molar-refractivity contribution in [1.82, 2.24) is 10.2 Å². The monoisotopic (exact) mass is 418 g/mol. The number of halogens is 2. The smallest absolute Gasteiger partial charge is 0.135 e.